The van der Waals surface area contributed by atoms with Crippen molar-refractivity contribution in [3.63, 3.8) is 0 Å². The normalized spacial score (nSPS) is 19.6. The average molecular weight is 729 g/mol. The zero-order valence-electron chi connectivity index (χ0n) is 29.8. The number of halogens is 3. The van der Waals surface area contributed by atoms with E-state index in [9.17, 15) is 37.8 Å². The van der Waals surface area contributed by atoms with E-state index in [-0.39, 0.29) is 53.8 Å². The molecule has 4 atom stereocenters. The van der Waals surface area contributed by atoms with Gasteiger partial charge in [-0.05, 0) is 100 Å². The number of nitrogens with one attached hydrogen (secondary N) is 2. The number of benzene rings is 3. The third kappa shape index (κ3) is 11.4. The van der Waals surface area contributed by atoms with Crippen molar-refractivity contribution in [3.05, 3.63) is 89.0 Å². The maximum atomic E-state index is 14.4. The second-order valence-corrected chi connectivity index (χ2v) is 13.4. The van der Waals surface area contributed by atoms with E-state index in [0.29, 0.717) is 31.9 Å². The van der Waals surface area contributed by atoms with Crippen LogP contribution in [0, 0.1) is 5.92 Å². The minimum atomic E-state index is -4.51. The fraction of sp³-hybridized carbons (Fsp3) is 0.447. The fourth-order valence-electron chi connectivity index (χ4n) is 5.94. The molecule has 0 saturated heterocycles. The third-order valence-electron chi connectivity index (χ3n) is 8.92. The lowest BCUT2D eigenvalue weighted by Crippen LogP contribution is -2.47. The standard InChI is InChI=1S/C38H47F3N4O7/c1-24-20-45(25(2)23-46)35(47)32-19-31(43-37(50)42-30-14-12-29(13-15-30)38(39,40)41)16-17-33(32)52-26(3)7-5-6-18-51-34(24)22-44(4)21-27-8-10-28(11-9-27)36(48)49/h8-17,19,24-26,34,46H,5-7,18,20-23H2,1-4H3,(H,48,49)(H2,42,43,50)/t24-,25+,26+,34+/m0/s1. The van der Waals surface area contributed by atoms with Gasteiger partial charge in [-0.25, -0.2) is 9.59 Å². The van der Waals surface area contributed by atoms with Crippen LogP contribution in [0.1, 0.15) is 71.9 Å². The summed E-state index contributed by atoms with van der Waals surface area (Å²) < 4.78 is 51.5. The number of rotatable bonds is 9. The summed E-state index contributed by atoms with van der Waals surface area (Å²) in [6, 6.07) is 14.1. The summed E-state index contributed by atoms with van der Waals surface area (Å²) in [5.41, 5.74) is 0.869. The Labute approximate surface area is 301 Å². The number of hydrogen-bond donors (Lipinski definition) is 4. The van der Waals surface area contributed by atoms with E-state index in [4.69, 9.17) is 9.47 Å². The number of fused-ring (bicyclic) bond motifs is 1. The zero-order valence-corrected chi connectivity index (χ0v) is 29.8. The number of amides is 3. The number of hydrogen-bond acceptors (Lipinski definition) is 7. The van der Waals surface area contributed by atoms with Crippen molar-refractivity contribution in [2.75, 3.05) is 44.0 Å². The Hall–Kier alpha value is -4.66. The second kappa shape index (κ2) is 18.2. The molecule has 0 spiro atoms. The lowest BCUT2D eigenvalue weighted by atomic mass is 10.0. The lowest BCUT2D eigenvalue weighted by molar-refractivity contribution is -0.137. The molecule has 1 aliphatic rings. The van der Waals surface area contributed by atoms with Crippen molar-refractivity contribution >= 4 is 29.3 Å². The van der Waals surface area contributed by atoms with Gasteiger partial charge >= 0.3 is 18.2 Å². The number of ether oxygens (including phenoxy) is 2. The van der Waals surface area contributed by atoms with Crippen molar-refractivity contribution in [2.45, 2.75) is 71.0 Å². The molecule has 1 aliphatic heterocycles. The molecule has 0 aliphatic carbocycles. The number of nitrogens with zero attached hydrogens (tertiary/aromatic N) is 2. The smallest absolute Gasteiger partial charge is 0.416 e. The largest absolute Gasteiger partial charge is 0.490 e. The number of likely N-dealkylation sites (N-methyl/N-ethyl adjacent to an activating group) is 1. The monoisotopic (exact) mass is 728 g/mol. The molecule has 4 N–H and O–H groups in total. The highest BCUT2D eigenvalue weighted by Crippen LogP contribution is 2.31. The van der Waals surface area contributed by atoms with Gasteiger partial charge < -0.3 is 35.2 Å². The van der Waals surface area contributed by atoms with E-state index < -0.39 is 35.7 Å². The average Bonchev–Trinajstić information content (AvgIpc) is 3.09. The highest BCUT2D eigenvalue weighted by molar-refractivity contribution is 6.02. The number of carboxylic acid groups (broad SMARTS) is 1. The Balaban J connectivity index is 1.55. The van der Waals surface area contributed by atoms with E-state index in [1.54, 1.807) is 48.2 Å². The Morgan fingerprint density at radius 3 is 2.29 bits per heavy atom. The SMILES string of the molecule is C[C@@H]1CCCCO[C@H](CN(C)Cc2ccc(C(=O)O)cc2)[C@@H](C)CN([C@H](C)CO)C(=O)c2cc(NC(=O)Nc3ccc(C(F)(F)F)cc3)ccc2O1. The van der Waals surface area contributed by atoms with Gasteiger partial charge in [-0.2, -0.15) is 13.2 Å². The van der Waals surface area contributed by atoms with Gasteiger partial charge in [0.05, 0.1) is 41.5 Å². The van der Waals surface area contributed by atoms with Crippen molar-refractivity contribution < 1.29 is 47.2 Å². The molecule has 0 saturated carbocycles. The van der Waals surface area contributed by atoms with Gasteiger partial charge in [0, 0.05) is 43.5 Å². The van der Waals surface area contributed by atoms with Gasteiger partial charge in [0.25, 0.3) is 5.91 Å². The number of carbonyl (C=O) groups excluding carboxylic acids is 2. The van der Waals surface area contributed by atoms with Crippen LogP contribution in [-0.4, -0.2) is 89.5 Å². The van der Waals surface area contributed by atoms with Crippen LogP contribution in [0.4, 0.5) is 29.3 Å². The summed E-state index contributed by atoms with van der Waals surface area (Å²) in [5, 5.41) is 24.6. The molecule has 0 aromatic heterocycles. The predicted molar refractivity (Wildman–Crippen MR) is 191 cm³/mol. The molecular formula is C38H47F3N4O7. The molecule has 52 heavy (non-hydrogen) atoms. The Morgan fingerprint density at radius 1 is 1.00 bits per heavy atom. The molecule has 282 valence electrons. The Kier molecular flexibility index (Phi) is 14.0. The first-order valence-corrected chi connectivity index (χ1v) is 17.2. The molecule has 1 heterocycles. The van der Waals surface area contributed by atoms with E-state index in [0.717, 1.165) is 42.7 Å². The highest BCUT2D eigenvalue weighted by atomic mass is 19.4. The molecule has 3 amide bonds. The number of aromatic carboxylic acids is 1. The van der Waals surface area contributed by atoms with Gasteiger partial charge in [-0.15, -0.1) is 0 Å². The van der Waals surface area contributed by atoms with E-state index in [1.807, 2.05) is 20.9 Å². The molecule has 0 bridgehead atoms. The third-order valence-corrected chi connectivity index (χ3v) is 8.92. The number of urea groups is 1. The minimum Gasteiger partial charge on any atom is -0.490 e. The molecule has 3 aromatic rings. The topological polar surface area (TPSA) is 141 Å². The van der Waals surface area contributed by atoms with E-state index in [2.05, 4.69) is 15.5 Å². The van der Waals surface area contributed by atoms with Crippen molar-refractivity contribution in [1.82, 2.24) is 9.80 Å². The number of aliphatic hydroxyl groups excluding tert-OH is 1. The summed E-state index contributed by atoms with van der Waals surface area (Å²) in [6.07, 6.45) is -2.76. The second-order valence-electron chi connectivity index (χ2n) is 13.4. The first-order chi connectivity index (χ1) is 24.6. The van der Waals surface area contributed by atoms with E-state index >= 15 is 0 Å². The first-order valence-electron chi connectivity index (χ1n) is 17.2. The van der Waals surface area contributed by atoms with Crippen LogP contribution in [-0.2, 0) is 17.5 Å². The molecule has 0 radical (unpaired) electrons. The number of aliphatic hydroxyl groups is 1. The van der Waals surface area contributed by atoms with Crippen LogP contribution in [0.15, 0.2) is 66.7 Å². The minimum absolute atomic E-state index is 0.146. The van der Waals surface area contributed by atoms with Crippen LogP contribution < -0.4 is 15.4 Å². The van der Waals surface area contributed by atoms with E-state index in [1.165, 1.54) is 6.07 Å². The quantitative estimate of drug-likeness (QED) is 0.185. The van der Waals surface area contributed by atoms with Crippen LogP contribution in [0.3, 0.4) is 0 Å². The number of carboxylic acids is 1. The van der Waals surface area contributed by atoms with Crippen molar-refractivity contribution in [1.29, 1.82) is 0 Å². The number of alkyl halides is 3. The van der Waals surface area contributed by atoms with Gasteiger partial charge in [0.15, 0.2) is 0 Å². The van der Waals surface area contributed by atoms with Crippen LogP contribution in [0.25, 0.3) is 0 Å². The molecule has 0 unspecified atom stereocenters. The molecule has 11 nitrogen and oxygen atoms in total. The Morgan fingerprint density at radius 2 is 1.65 bits per heavy atom. The number of carbonyl (C=O) groups is 3. The molecule has 14 heteroatoms. The van der Waals surface area contributed by atoms with Crippen LogP contribution in [0.2, 0.25) is 0 Å². The fourth-order valence-corrected chi connectivity index (χ4v) is 5.94. The lowest BCUT2D eigenvalue weighted by Gasteiger charge is -2.36. The Bertz CT molecular complexity index is 1650. The summed E-state index contributed by atoms with van der Waals surface area (Å²) in [5.74, 6) is -1.29. The highest BCUT2D eigenvalue weighted by Gasteiger charge is 2.31. The van der Waals surface area contributed by atoms with Crippen LogP contribution in [0.5, 0.6) is 5.75 Å². The number of anilines is 2. The zero-order chi connectivity index (χ0) is 38.0. The molecule has 0 fully saturated rings. The molecular weight excluding hydrogens is 681 g/mol. The van der Waals surface area contributed by atoms with Crippen LogP contribution >= 0.6 is 0 Å². The summed E-state index contributed by atoms with van der Waals surface area (Å²) in [4.78, 5) is 42.1. The molecule has 3 aromatic carbocycles. The predicted octanol–water partition coefficient (Wildman–Crippen LogP) is 6.98. The van der Waals surface area contributed by atoms with Gasteiger partial charge in [-0.3, -0.25) is 9.69 Å². The summed E-state index contributed by atoms with van der Waals surface area (Å²) >= 11 is 0. The van der Waals surface area contributed by atoms with Crippen molar-refractivity contribution in [2.24, 2.45) is 5.92 Å². The van der Waals surface area contributed by atoms with Gasteiger partial charge in [0.2, 0.25) is 0 Å². The maximum Gasteiger partial charge on any atom is 0.416 e. The maximum absolute atomic E-state index is 14.4. The van der Waals surface area contributed by atoms with Gasteiger partial charge in [0.1, 0.15) is 5.75 Å². The molecule has 4 rings (SSSR count). The van der Waals surface area contributed by atoms with Gasteiger partial charge in [-0.1, -0.05) is 19.1 Å². The summed E-state index contributed by atoms with van der Waals surface area (Å²) in [6.45, 7) is 7.12. The first kappa shape index (κ1) is 40.1. The van der Waals surface area contributed by atoms with Crippen molar-refractivity contribution in [3.8, 4) is 5.75 Å². The summed E-state index contributed by atoms with van der Waals surface area (Å²) in [7, 11) is 1.95.